The Bertz CT molecular complexity index is 563. The Hall–Kier alpha value is -1.80. The van der Waals surface area contributed by atoms with Crippen LogP contribution in [0.25, 0.3) is 5.82 Å². The van der Waals surface area contributed by atoms with Gasteiger partial charge in [0.2, 0.25) is 0 Å². The Labute approximate surface area is 97.7 Å². The average Bonchev–Trinajstić information content (AvgIpc) is 2.61. The van der Waals surface area contributed by atoms with Crippen molar-refractivity contribution in [2.75, 3.05) is 0 Å². The Morgan fingerprint density at radius 1 is 1.44 bits per heavy atom. The molecule has 80 valence electrons. The van der Waals surface area contributed by atoms with Crippen LogP contribution in [0.3, 0.4) is 0 Å². The minimum Gasteiger partial charge on any atom is -0.234 e. The largest absolute Gasteiger partial charge is 0.234 e. The molecular formula is C11H8FN3S. The lowest BCUT2D eigenvalue weighted by molar-refractivity contribution is 0.618. The van der Waals surface area contributed by atoms with E-state index >= 15 is 0 Å². The lowest BCUT2D eigenvalue weighted by atomic mass is 10.4. The van der Waals surface area contributed by atoms with Crippen molar-refractivity contribution in [1.82, 2.24) is 14.8 Å². The Morgan fingerprint density at radius 2 is 2.25 bits per heavy atom. The number of nitrogens with zero attached hydrogens (tertiary/aromatic N) is 3. The molecule has 0 radical (unpaired) electrons. The maximum absolute atomic E-state index is 12.7. The molecule has 0 spiro atoms. The lowest BCUT2D eigenvalue weighted by Gasteiger charge is -2.01. The zero-order valence-corrected chi connectivity index (χ0v) is 9.37. The summed E-state index contributed by atoms with van der Waals surface area (Å²) in [4.78, 5) is 3.94. The lowest BCUT2D eigenvalue weighted by Crippen LogP contribution is -2.01. The Morgan fingerprint density at radius 3 is 2.88 bits per heavy atom. The first kappa shape index (κ1) is 10.7. The second-order valence-electron chi connectivity index (χ2n) is 3.15. The van der Waals surface area contributed by atoms with Crippen LogP contribution in [0, 0.1) is 23.9 Å². The van der Waals surface area contributed by atoms with Gasteiger partial charge in [-0.15, -0.1) is 0 Å². The third-order valence-electron chi connectivity index (χ3n) is 2.00. The molecule has 0 atom stereocenters. The maximum Gasteiger partial charge on any atom is 0.153 e. The Balaban J connectivity index is 2.46. The Kier molecular flexibility index (Phi) is 2.93. The van der Waals surface area contributed by atoms with Crippen molar-refractivity contribution in [3.05, 3.63) is 41.6 Å². The number of halogens is 1. The smallest absolute Gasteiger partial charge is 0.153 e. The molecule has 0 aliphatic heterocycles. The third kappa shape index (κ3) is 2.07. The van der Waals surface area contributed by atoms with Gasteiger partial charge in [-0.05, 0) is 36.3 Å². The molecule has 0 aromatic carbocycles. The van der Waals surface area contributed by atoms with Crippen molar-refractivity contribution >= 4 is 12.6 Å². The second kappa shape index (κ2) is 4.37. The number of hydrogen-bond donors (Lipinski definition) is 1. The molecule has 2 heterocycles. The third-order valence-corrected chi connectivity index (χ3v) is 2.11. The van der Waals surface area contributed by atoms with Gasteiger partial charge in [0.05, 0.1) is 6.20 Å². The summed E-state index contributed by atoms with van der Waals surface area (Å²) in [5, 5.41) is 6.68. The van der Waals surface area contributed by atoms with E-state index in [1.807, 2.05) is 13.0 Å². The standard InChI is InChI=1S/C11H8FN3S/c1-8-6-10(4-5-16)14-15(8)11-3-2-9(12)7-13-11/h2-3,6-7,16H,1H3. The molecule has 3 nitrogen and oxygen atoms in total. The molecule has 0 fully saturated rings. The van der Waals surface area contributed by atoms with Gasteiger partial charge in [0, 0.05) is 5.69 Å². The number of pyridine rings is 1. The van der Waals surface area contributed by atoms with Gasteiger partial charge in [-0.3, -0.25) is 0 Å². The highest BCUT2D eigenvalue weighted by Crippen LogP contribution is 2.09. The molecule has 0 saturated heterocycles. The summed E-state index contributed by atoms with van der Waals surface area (Å²) in [5.41, 5.74) is 1.49. The van der Waals surface area contributed by atoms with Gasteiger partial charge in [0.15, 0.2) is 5.82 Å². The molecule has 0 unspecified atom stereocenters. The minimum absolute atomic E-state index is 0.371. The van der Waals surface area contributed by atoms with E-state index in [0.717, 1.165) is 11.9 Å². The number of hydrogen-bond acceptors (Lipinski definition) is 3. The van der Waals surface area contributed by atoms with Gasteiger partial charge in [-0.2, -0.15) is 5.10 Å². The van der Waals surface area contributed by atoms with Crippen LogP contribution in [0.15, 0.2) is 24.4 Å². The predicted octanol–water partition coefficient (Wildman–Crippen LogP) is 1.95. The fourth-order valence-corrected chi connectivity index (χ4v) is 1.43. The monoisotopic (exact) mass is 233 g/mol. The molecule has 0 N–H and O–H groups in total. The number of rotatable bonds is 1. The summed E-state index contributed by atoms with van der Waals surface area (Å²) < 4.78 is 14.3. The highest BCUT2D eigenvalue weighted by molar-refractivity contribution is 7.85. The fraction of sp³-hybridized carbons (Fsp3) is 0.0909. The van der Waals surface area contributed by atoms with E-state index in [1.54, 1.807) is 10.7 Å². The molecular weight excluding hydrogens is 225 g/mol. The quantitative estimate of drug-likeness (QED) is 0.603. The van der Waals surface area contributed by atoms with Crippen LogP contribution in [-0.4, -0.2) is 14.8 Å². The van der Waals surface area contributed by atoms with Crippen LogP contribution in [0.2, 0.25) is 0 Å². The van der Waals surface area contributed by atoms with E-state index in [2.05, 4.69) is 33.9 Å². The number of thiol groups is 1. The molecule has 0 bridgehead atoms. The molecule has 0 amide bonds. The van der Waals surface area contributed by atoms with Gasteiger partial charge < -0.3 is 0 Å². The van der Waals surface area contributed by atoms with E-state index in [-0.39, 0.29) is 5.82 Å². The second-order valence-corrected chi connectivity index (χ2v) is 3.38. The first-order valence-corrected chi connectivity index (χ1v) is 4.99. The summed E-state index contributed by atoms with van der Waals surface area (Å²) in [6.45, 7) is 1.88. The molecule has 2 aromatic heterocycles. The summed E-state index contributed by atoms with van der Waals surface area (Å²) >= 11 is 3.80. The first-order valence-electron chi connectivity index (χ1n) is 4.54. The van der Waals surface area contributed by atoms with Gasteiger partial charge in [-0.1, -0.05) is 12.6 Å². The van der Waals surface area contributed by atoms with Crippen molar-refractivity contribution < 1.29 is 4.39 Å². The maximum atomic E-state index is 12.7. The van der Waals surface area contributed by atoms with E-state index in [0.29, 0.717) is 11.5 Å². The van der Waals surface area contributed by atoms with Crippen molar-refractivity contribution in [3.63, 3.8) is 0 Å². The zero-order valence-electron chi connectivity index (χ0n) is 8.48. The summed E-state index contributed by atoms with van der Waals surface area (Å²) in [5.74, 6) is 2.92. The van der Waals surface area contributed by atoms with Crippen LogP contribution in [0.4, 0.5) is 4.39 Å². The van der Waals surface area contributed by atoms with Crippen molar-refractivity contribution in [2.45, 2.75) is 6.92 Å². The van der Waals surface area contributed by atoms with Crippen molar-refractivity contribution in [2.24, 2.45) is 0 Å². The summed E-state index contributed by atoms with van der Waals surface area (Å²) in [6.07, 6.45) is 1.15. The average molecular weight is 233 g/mol. The minimum atomic E-state index is -0.371. The van der Waals surface area contributed by atoms with Gasteiger partial charge in [0.25, 0.3) is 0 Å². The van der Waals surface area contributed by atoms with E-state index in [1.165, 1.54) is 6.07 Å². The fourth-order valence-electron chi connectivity index (χ4n) is 1.32. The van der Waals surface area contributed by atoms with Crippen LogP contribution >= 0.6 is 12.6 Å². The van der Waals surface area contributed by atoms with Crippen LogP contribution < -0.4 is 0 Å². The predicted molar refractivity (Wildman–Crippen MR) is 61.9 cm³/mol. The molecule has 16 heavy (non-hydrogen) atoms. The van der Waals surface area contributed by atoms with Crippen molar-refractivity contribution in [3.8, 4) is 17.0 Å². The van der Waals surface area contributed by atoms with Crippen molar-refractivity contribution in [1.29, 1.82) is 0 Å². The summed E-state index contributed by atoms with van der Waals surface area (Å²) in [6, 6.07) is 4.72. The molecule has 0 saturated carbocycles. The van der Waals surface area contributed by atoms with Gasteiger partial charge >= 0.3 is 0 Å². The molecule has 0 aliphatic carbocycles. The number of aromatic nitrogens is 3. The summed E-state index contributed by atoms with van der Waals surface area (Å²) in [7, 11) is 0. The van der Waals surface area contributed by atoms with Crippen LogP contribution in [-0.2, 0) is 0 Å². The zero-order chi connectivity index (χ0) is 11.5. The van der Waals surface area contributed by atoms with E-state index in [9.17, 15) is 4.39 Å². The van der Waals surface area contributed by atoms with Gasteiger partial charge in [0.1, 0.15) is 11.5 Å². The van der Waals surface area contributed by atoms with Crippen LogP contribution in [0.1, 0.15) is 11.4 Å². The highest BCUT2D eigenvalue weighted by Gasteiger charge is 2.05. The highest BCUT2D eigenvalue weighted by atomic mass is 32.1. The molecule has 2 rings (SSSR count). The van der Waals surface area contributed by atoms with E-state index < -0.39 is 0 Å². The SMILES string of the molecule is Cc1cc(C#CS)nn1-c1ccc(F)cn1. The molecule has 5 heteroatoms. The topological polar surface area (TPSA) is 30.7 Å². The van der Waals surface area contributed by atoms with Gasteiger partial charge in [-0.25, -0.2) is 14.1 Å². The first-order chi connectivity index (χ1) is 7.70. The number of aryl methyl sites for hydroxylation is 1. The normalized spacial score (nSPS) is 9.69. The van der Waals surface area contributed by atoms with Crippen LogP contribution in [0.5, 0.6) is 0 Å². The molecule has 2 aromatic rings. The van der Waals surface area contributed by atoms with E-state index in [4.69, 9.17) is 0 Å². The molecule has 0 aliphatic rings.